The Morgan fingerprint density at radius 1 is 0.449 bits per heavy atom. The molecular formula is C73H131N7O12P44. The highest BCUT2D eigenvalue weighted by molar-refractivity contribution is 9.45. The lowest BCUT2D eigenvalue weighted by molar-refractivity contribution is -0.138. The first-order chi connectivity index (χ1) is 65.2. The van der Waals surface area contributed by atoms with Gasteiger partial charge in [-0.3, -0.25) is 29.4 Å². The van der Waals surface area contributed by atoms with E-state index in [1.807, 2.05) is 42.5 Å². The van der Waals surface area contributed by atoms with Crippen LogP contribution in [0.4, 0.5) is 28.4 Å². The fourth-order valence-electron chi connectivity index (χ4n) is 16.3. The van der Waals surface area contributed by atoms with E-state index in [9.17, 15) is 30.0 Å². The molecule has 0 spiro atoms. The monoisotopic (exact) mass is 2660 g/mol. The molecule has 63 heteroatoms. The largest absolute Gasteiger partial charge is 0.481 e. The number of ketones is 4. The van der Waals surface area contributed by atoms with E-state index in [-0.39, 0.29) is 162 Å². The van der Waals surface area contributed by atoms with Gasteiger partial charge in [0.05, 0.1) is 66.3 Å². The molecule has 750 valence electrons. The van der Waals surface area contributed by atoms with Crippen LogP contribution in [0.3, 0.4) is 0 Å². The Morgan fingerprint density at radius 3 is 1.21 bits per heavy atom. The predicted octanol–water partition coefficient (Wildman–Crippen LogP) is 35.1. The second kappa shape index (κ2) is 66.0. The van der Waals surface area contributed by atoms with Gasteiger partial charge >= 0.3 is 11.9 Å². The number of carboxylic acids is 2. The number of hydrogen-bond donors (Lipinski definition) is 4. The van der Waals surface area contributed by atoms with E-state index in [1.165, 1.54) is 40.2 Å². The lowest BCUT2D eigenvalue weighted by Gasteiger charge is -2.53. The Balaban J connectivity index is 0.000000178. The molecule has 5 N–H and O–H groups in total. The van der Waals surface area contributed by atoms with Gasteiger partial charge in [-0.1, -0.05) is 20.6 Å². The summed E-state index contributed by atoms with van der Waals surface area (Å²) in [6.45, 7) is 12.9. The molecule has 136 heavy (non-hydrogen) atoms. The summed E-state index contributed by atoms with van der Waals surface area (Å²) in [5.41, 5.74) is 27.2. The number of fused-ring (bicyclic) bond motifs is 7. The van der Waals surface area contributed by atoms with Crippen LogP contribution in [0.1, 0.15) is 133 Å². The van der Waals surface area contributed by atoms with Gasteiger partial charge < -0.3 is 54.5 Å². The van der Waals surface area contributed by atoms with Crippen LogP contribution in [0.25, 0.3) is 0 Å². The van der Waals surface area contributed by atoms with Crippen LogP contribution >= 0.6 is 352 Å². The number of rotatable bonds is 28. The van der Waals surface area contributed by atoms with Gasteiger partial charge in [-0.15, -0.1) is 196 Å². The third-order valence-electron chi connectivity index (χ3n) is 22.5. The number of hydrazone groups is 1. The number of nitrogens with one attached hydrogen (secondary N) is 1. The molecule has 0 radical (unpaired) electrons. The molecule has 15 rings (SSSR count). The number of nitrogens with two attached hydrogens (primary N) is 1. The second-order valence-corrected chi connectivity index (χ2v) is 208. The number of ether oxygens (including phenoxy) is 4. The summed E-state index contributed by atoms with van der Waals surface area (Å²) in [7, 11) is 73.6. The lowest BCUT2D eigenvalue weighted by atomic mass is 9.79. The third kappa shape index (κ3) is 38.6. The maximum atomic E-state index is 12.3. The molecule has 4 fully saturated rings. The SMILES string of the molecule is C=C1CC2CCc3cc(N4CCOCC4)ccc3C2=NN1.Nc1ccc2c(c1)CCCC2=O.O=C(O)C=C1CCc2cc(N3CCOCC3)ccc2C1=O.O=C(O)CC1CCc2cc(N3CCOCC3)ccc2C1=O.O=C1CCCc2cc(N3CCOCC3)ccc21.[3H]P(P(P(P(P)P)P(P)P)P(P(P)P)P(P)P)P(P(P(P)PP)P(P(P)P)P(P)P)P(P(P(P)P)P(P)P)P(P(P)P)P(P)P. The third-order valence-corrected chi connectivity index (χ3v) is 316. The normalized spacial score (nSPS) is 20.0. The van der Waals surface area contributed by atoms with Gasteiger partial charge in [-0.2, -0.15) is 5.10 Å². The molecule has 5 aromatic carbocycles. The van der Waals surface area contributed by atoms with E-state index >= 15 is 0 Å². The van der Waals surface area contributed by atoms with Crippen molar-refractivity contribution in [1.82, 2.24) is 5.43 Å². The van der Waals surface area contributed by atoms with Crippen molar-refractivity contribution in [3.05, 3.63) is 171 Å². The highest BCUT2D eigenvalue weighted by atomic mass is 33.5. The van der Waals surface area contributed by atoms with Crippen molar-refractivity contribution in [2.45, 2.75) is 89.9 Å². The van der Waals surface area contributed by atoms with E-state index in [0.29, 0.717) is 60.5 Å². The van der Waals surface area contributed by atoms with Gasteiger partial charge in [-0.25, -0.2) is 4.79 Å². The second-order valence-electron chi connectivity index (χ2n) is 31.7. The van der Waals surface area contributed by atoms with Gasteiger partial charge in [0.25, 0.3) is 0 Å². The van der Waals surface area contributed by atoms with E-state index in [4.69, 9.17) is 34.9 Å². The molecule has 29 unspecified atom stereocenters. The van der Waals surface area contributed by atoms with Crippen LogP contribution in [-0.4, -0.2) is 157 Å². The summed E-state index contributed by atoms with van der Waals surface area (Å²) in [4.78, 5) is 78.5. The Kier molecular flexibility index (Phi) is 61.4. The van der Waals surface area contributed by atoms with Gasteiger partial charge in [-0.05, 0) is 331 Å². The van der Waals surface area contributed by atoms with Crippen molar-refractivity contribution < 1.29 is 57.9 Å². The van der Waals surface area contributed by atoms with Gasteiger partial charge in [0, 0.05) is 151 Å². The first-order valence-electron chi connectivity index (χ1n) is 43.1. The number of hydrogen-bond acceptors (Lipinski definition) is 17. The quantitative estimate of drug-likeness (QED) is 0.0207. The van der Waals surface area contributed by atoms with Crippen molar-refractivity contribution in [3.63, 3.8) is 0 Å². The molecule has 19 nitrogen and oxygen atoms in total. The summed E-state index contributed by atoms with van der Waals surface area (Å²) in [5, 5.41) is 22.2. The molecule has 0 saturated carbocycles. The van der Waals surface area contributed by atoms with Crippen molar-refractivity contribution in [3.8, 4) is 0 Å². The van der Waals surface area contributed by atoms with Crippen molar-refractivity contribution in [2.75, 3.05) is 131 Å². The summed E-state index contributed by atoms with van der Waals surface area (Å²) in [5.74, 6) is -1.41. The Morgan fingerprint density at radius 2 is 0.801 bits per heavy atom. The molecule has 0 aromatic heterocycles. The zero-order chi connectivity index (χ0) is 99.9. The number of morpholine rings is 4. The predicted molar refractivity (Wildman–Crippen MR) is 724 cm³/mol. The van der Waals surface area contributed by atoms with E-state index in [0.717, 1.165) is 215 Å². The smallest absolute Gasteiger partial charge is 0.328 e. The number of Topliss-reactive ketones (excluding diaryl/α,β-unsaturated/α-hetero) is 4. The topological polar surface area (TPSA) is 243 Å². The van der Waals surface area contributed by atoms with Crippen molar-refractivity contribution in [2.24, 2.45) is 16.9 Å². The molecular weight excluding hydrogens is 2530 g/mol. The van der Waals surface area contributed by atoms with Crippen LogP contribution in [0.5, 0.6) is 0 Å². The van der Waals surface area contributed by atoms with Crippen LogP contribution in [0, 0.1) is 11.8 Å². The number of benzene rings is 5. The summed E-state index contributed by atoms with van der Waals surface area (Å²) in [6.07, 6.45) is 12.3. The van der Waals surface area contributed by atoms with Crippen LogP contribution in [0.2, 0.25) is 0 Å². The zero-order valence-corrected chi connectivity index (χ0v) is 120. The number of anilines is 5. The minimum absolute atomic E-state index is 0.0211. The van der Waals surface area contributed by atoms with Crippen LogP contribution in [-0.2, 0) is 60.6 Å². The zero-order valence-electron chi connectivity index (χ0n) is 76.2. The Bertz CT molecular complexity index is 4880. The van der Waals surface area contributed by atoms with Crippen molar-refractivity contribution in [1.29, 1.82) is 1.28 Å². The molecule has 10 aliphatic rings. The molecule has 4 saturated heterocycles. The molecule has 29 atom stereocenters. The number of carbonyl (C=O) groups is 6. The molecule has 5 aromatic rings. The average Bonchev–Trinajstić information content (AvgIpc) is 0.744. The summed E-state index contributed by atoms with van der Waals surface area (Å²) >= 11 is 0. The molecule has 5 heterocycles. The number of allylic oxidation sites excluding steroid dienone is 2. The number of carbonyl (C=O) groups excluding carboxylic acids is 4. The fourth-order valence-corrected chi connectivity index (χ4v) is 594. The Labute approximate surface area is 885 Å². The summed E-state index contributed by atoms with van der Waals surface area (Å²) < 4.78 is 32.7. The minimum atomic E-state index is -1.06. The van der Waals surface area contributed by atoms with E-state index in [2.05, 4.69) is 276 Å². The fraction of sp³-hybridized carbons (Fsp3) is 0.438. The van der Waals surface area contributed by atoms with Gasteiger partial charge in [0.15, 0.2) is 23.1 Å². The van der Waals surface area contributed by atoms with E-state index in [1.54, 1.807) is 6.07 Å². The average molecular weight is 2660 g/mol. The first kappa shape index (κ1) is 127. The number of nitrogen functional groups attached to an aromatic ring is 1. The molecule has 5 aliphatic carbocycles. The summed E-state index contributed by atoms with van der Waals surface area (Å²) in [6, 6.07) is 30.4. The van der Waals surface area contributed by atoms with Crippen molar-refractivity contribution >= 4 is 421 Å². The number of aryl methyl sites for hydroxylation is 5. The maximum Gasteiger partial charge on any atom is 0.328 e. The molecule has 0 bridgehead atoms. The minimum Gasteiger partial charge on any atom is -0.481 e. The van der Waals surface area contributed by atoms with Crippen LogP contribution in [0.15, 0.2) is 120 Å². The highest BCUT2D eigenvalue weighted by Crippen LogP contribution is 3.40. The standard InChI is InChI=1S/C17H21N3O.C16H19NO4.C16H17NO4.C14H17NO2.C10H11NO.H46P44/c1-12-10-14-3-2-13-11-15(20-6-8-21-9-7-20)4-5-16(13)17(14)19-18-12;2*18-15(19)10-12-2-1-11-9-13(3-4-14(11)16(12)20)17-5-7-21-8-6-17;16-14-3-1-2-11-10-12(4-5-13(11)14)15-6-8-17-9-7-15;11-8-4-5-9-7(6-8)2-1-3-10(9)12;1-23-35(22)43(40(29(10)11)30(12)13)37(44(41(31(14)15)32(16)17)42(33(18)19)34(20)21)24-36(38(25(2)3)26(4)5)39(27(6)7)28(8)9/h4-5,11,14,18H,1-3,6-10H2;3-4,9,12H,1-2,5-8,10H2,(H,18,19);3-4,9-10H,1-2,5-8H2,(H,18,19);4-5,10H,1-3,6-9H2;4-6H,1-3,11H2;23-24H,1-22H2/i;;;;;24T. The van der Waals surface area contributed by atoms with E-state index < -0.39 is 26.8 Å². The molecule has 5 aliphatic heterocycles. The number of aliphatic carboxylic acids is 2. The lowest BCUT2D eigenvalue weighted by Crippen LogP contribution is -2.36. The highest BCUT2D eigenvalue weighted by Gasteiger charge is 2.52. The van der Waals surface area contributed by atoms with Crippen LogP contribution < -0.4 is 30.8 Å². The van der Waals surface area contributed by atoms with Gasteiger partial charge in [0.1, 0.15) is 0 Å². The first-order valence-corrected chi connectivity index (χ1v) is 122. The maximum absolute atomic E-state index is 12.3. The number of carboxylic acid groups (broad SMARTS) is 2. The number of nitrogens with zero attached hydrogens (tertiary/aromatic N) is 5. The van der Waals surface area contributed by atoms with Gasteiger partial charge in [0.2, 0.25) is 0 Å². The Hall–Kier alpha value is 10.4. The molecule has 0 amide bonds.